The van der Waals surface area contributed by atoms with Crippen LogP contribution in [0.25, 0.3) is 0 Å². The second kappa shape index (κ2) is 4.96. The third-order valence-electron chi connectivity index (χ3n) is 2.22. The van der Waals surface area contributed by atoms with E-state index in [2.05, 4.69) is 41.4 Å². The van der Waals surface area contributed by atoms with E-state index in [0.29, 0.717) is 5.95 Å². The van der Waals surface area contributed by atoms with Crippen molar-refractivity contribution in [2.75, 3.05) is 17.7 Å². The Balaban J connectivity index is 2.71. The van der Waals surface area contributed by atoms with Crippen molar-refractivity contribution in [2.24, 2.45) is 0 Å². The SMILES string of the molecule is CCCC(C)(C)Nc1ccnc(NC)n1. The van der Waals surface area contributed by atoms with Crippen LogP contribution in [0, 0.1) is 0 Å². The zero-order valence-corrected chi connectivity index (χ0v) is 9.96. The third kappa shape index (κ3) is 3.73. The fraction of sp³-hybridized carbons (Fsp3) is 0.636. The number of nitrogens with zero attached hydrogens (tertiary/aromatic N) is 2. The molecule has 84 valence electrons. The summed E-state index contributed by atoms with van der Waals surface area (Å²) < 4.78 is 0. The highest BCUT2D eigenvalue weighted by Crippen LogP contribution is 2.18. The molecule has 0 fully saturated rings. The average molecular weight is 208 g/mol. The van der Waals surface area contributed by atoms with Gasteiger partial charge in [0.25, 0.3) is 0 Å². The van der Waals surface area contributed by atoms with E-state index in [0.717, 1.165) is 18.7 Å². The summed E-state index contributed by atoms with van der Waals surface area (Å²) in [6.07, 6.45) is 4.03. The van der Waals surface area contributed by atoms with Crippen molar-refractivity contribution in [1.29, 1.82) is 0 Å². The summed E-state index contributed by atoms with van der Waals surface area (Å²) in [6.45, 7) is 6.54. The number of aromatic nitrogens is 2. The Morgan fingerprint density at radius 3 is 2.73 bits per heavy atom. The molecule has 0 unspecified atom stereocenters. The summed E-state index contributed by atoms with van der Waals surface area (Å²) in [5.74, 6) is 1.51. The molecule has 4 heteroatoms. The number of hydrogen-bond donors (Lipinski definition) is 2. The minimum atomic E-state index is 0.0775. The van der Waals surface area contributed by atoms with Gasteiger partial charge in [-0.05, 0) is 26.3 Å². The van der Waals surface area contributed by atoms with Crippen molar-refractivity contribution < 1.29 is 0 Å². The molecule has 0 aliphatic rings. The van der Waals surface area contributed by atoms with Gasteiger partial charge in [-0.25, -0.2) is 4.98 Å². The molecule has 0 radical (unpaired) electrons. The lowest BCUT2D eigenvalue weighted by atomic mass is 9.99. The van der Waals surface area contributed by atoms with Gasteiger partial charge in [0, 0.05) is 18.8 Å². The normalized spacial score (nSPS) is 11.2. The summed E-state index contributed by atoms with van der Waals surface area (Å²) >= 11 is 0. The molecule has 0 saturated heterocycles. The molecule has 4 nitrogen and oxygen atoms in total. The number of rotatable bonds is 5. The van der Waals surface area contributed by atoms with Crippen LogP contribution >= 0.6 is 0 Å². The van der Waals surface area contributed by atoms with Crippen LogP contribution in [0.3, 0.4) is 0 Å². The molecule has 1 aromatic rings. The van der Waals surface area contributed by atoms with Crippen molar-refractivity contribution in [1.82, 2.24) is 9.97 Å². The van der Waals surface area contributed by atoms with Gasteiger partial charge in [-0.15, -0.1) is 0 Å². The maximum atomic E-state index is 4.33. The van der Waals surface area contributed by atoms with Crippen LogP contribution in [0.1, 0.15) is 33.6 Å². The van der Waals surface area contributed by atoms with Crippen LogP contribution in [-0.4, -0.2) is 22.6 Å². The third-order valence-corrected chi connectivity index (χ3v) is 2.22. The second-order valence-electron chi connectivity index (χ2n) is 4.27. The first-order valence-corrected chi connectivity index (χ1v) is 5.36. The molecular formula is C11H20N4. The van der Waals surface area contributed by atoms with Gasteiger partial charge >= 0.3 is 0 Å². The summed E-state index contributed by atoms with van der Waals surface area (Å²) in [7, 11) is 1.82. The van der Waals surface area contributed by atoms with Gasteiger partial charge < -0.3 is 10.6 Å². The van der Waals surface area contributed by atoms with Crippen LogP contribution in [0.15, 0.2) is 12.3 Å². The number of anilines is 2. The fourth-order valence-corrected chi connectivity index (χ4v) is 1.58. The van der Waals surface area contributed by atoms with Crippen molar-refractivity contribution in [2.45, 2.75) is 39.2 Å². The van der Waals surface area contributed by atoms with Gasteiger partial charge in [-0.3, -0.25) is 0 Å². The summed E-state index contributed by atoms with van der Waals surface area (Å²) in [6, 6.07) is 1.89. The molecule has 0 spiro atoms. The van der Waals surface area contributed by atoms with Crippen LogP contribution in [0.2, 0.25) is 0 Å². The monoisotopic (exact) mass is 208 g/mol. The molecule has 0 aliphatic heterocycles. The smallest absolute Gasteiger partial charge is 0.224 e. The number of hydrogen-bond acceptors (Lipinski definition) is 4. The Morgan fingerprint density at radius 2 is 2.13 bits per heavy atom. The molecule has 0 amide bonds. The zero-order valence-electron chi connectivity index (χ0n) is 9.96. The van der Waals surface area contributed by atoms with Gasteiger partial charge in [0.05, 0.1) is 0 Å². The van der Waals surface area contributed by atoms with E-state index in [4.69, 9.17) is 0 Å². The molecule has 1 aromatic heterocycles. The van der Waals surface area contributed by atoms with Gasteiger partial charge in [0.1, 0.15) is 5.82 Å². The molecule has 1 rings (SSSR count). The molecule has 0 bridgehead atoms. The summed E-state index contributed by atoms with van der Waals surface area (Å²) in [4.78, 5) is 8.40. The first kappa shape index (κ1) is 11.8. The number of nitrogens with one attached hydrogen (secondary N) is 2. The lowest BCUT2D eigenvalue weighted by Crippen LogP contribution is -2.31. The van der Waals surface area contributed by atoms with E-state index >= 15 is 0 Å². The van der Waals surface area contributed by atoms with Crippen molar-refractivity contribution in [3.05, 3.63) is 12.3 Å². The van der Waals surface area contributed by atoms with E-state index in [1.807, 2.05) is 13.1 Å². The Kier molecular flexibility index (Phi) is 3.88. The molecular weight excluding hydrogens is 188 g/mol. The minimum Gasteiger partial charge on any atom is -0.365 e. The molecule has 1 heterocycles. The van der Waals surface area contributed by atoms with Crippen molar-refractivity contribution in [3.63, 3.8) is 0 Å². The standard InChI is InChI=1S/C11H20N4/c1-5-7-11(2,3)15-9-6-8-13-10(12-4)14-9/h6,8H,5,7H2,1-4H3,(H2,12,13,14,15). The van der Waals surface area contributed by atoms with Gasteiger partial charge in [0.15, 0.2) is 0 Å². The van der Waals surface area contributed by atoms with Gasteiger partial charge in [-0.1, -0.05) is 13.3 Å². The predicted octanol–water partition coefficient (Wildman–Crippen LogP) is 2.51. The Hall–Kier alpha value is -1.32. The molecule has 0 atom stereocenters. The summed E-state index contributed by atoms with van der Waals surface area (Å²) in [5.41, 5.74) is 0.0775. The maximum absolute atomic E-state index is 4.33. The van der Waals surface area contributed by atoms with Crippen LogP contribution < -0.4 is 10.6 Å². The van der Waals surface area contributed by atoms with Crippen molar-refractivity contribution >= 4 is 11.8 Å². The van der Waals surface area contributed by atoms with E-state index in [-0.39, 0.29) is 5.54 Å². The highest BCUT2D eigenvalue weighted by atomic mass is 15.1. The molecule has 0 aliphatic carbocycles. The average Bonchev–Trinajstić information content (AvgIpc) is 2.17. The fourth-order valence-electron chi connectivity index (χ4n) is 1.58. The van der Waals surface area contributed by atoms with Crippen LogP contribution in [0.5, 0.6) is 0 Å². The molecule has 2 N–H and O–H groups in total. The largest absolute Gasteiger partial charge is 0.365 e. The van der Waals surface area contributed by atoms with Gasteiger partial charge in [0.2, 0.25) is 5.95 Å². The summed E-state index contributed by atoms with van der Waals surface area (Å²) in [5, 5.41) is 6.33. The molecule has 0 aromatic carbocycles. The highest BCUT2D eigenvalue weighted by molar-refractivity contribution is 5.41. The minimum absolute atomic E-state index is 0.0775. The van der Waals surface area contributed by atoms with Crippen LogP contribution in [-0.2, 0) is 0 Å². The molecule has 0 saturated carbocycles. The lowest BCUT2D eigenvalue weighted by molar-refractivity contribution is 0.509. The van der Waals surface area contributed by atoms with Crippen molar-refractivity contribution in [3.8, 4) is 0 Å². The predicted molar refractivity (Wildman–Crippen MR) is 64.2 cm³/mol. The Morgan fingerprint density at radius 1 is 1.40 bits per heavy atom. The van der Waals surface area contributed by atoms with Crippen LogP contribution in [0.4, 0.5) is 11.8 Å². The topological polar surface area (TPSA) is 49.8 Å². The Labute approximate surface area is 91.5 Å². The first-order valence-electron chi connectivity index (χ1n) is 5.36. The highest BCUT2D eigenvalue weighted by Gasteiger charge is 2.16. The zero-order chi connectivity index (χ0) is 11.3. The quantitative estimate of drug-likeness (QED) is 0.780. The van der Waals surface area contributed by atoms with E-state index < -0.39 is 0 Å². The first-order chi connectivity index (χ1) is 7.07. The Bertz CT molecular complexity index is 309. The second-order valence-corrected chi connectivity index (χ2v) is 4.27. The van der Waals surface area contributed by atoms with E-state index in [1.54, 1.807) is 6.20 Å². The van der Waals surface area contributed by atoms with E-state index in [1.165, 1.54) is 0 Å². The lowest BCUT2D eigenvalue weighted by Gasteiger charge is -2.26. The maximum Gasteiger partial charge on any atom is 0.224 e. The van der Waals surface area contributed by atoms with E-state index in [9.17, 15) is 0 Å². The van der Waals surface area contributed by atoms with Gasteiger partial charge in [-0.2, -0.15) is 4.98 Å². The molecule has 15 heavy (non-hydrogen) atoms.